The van der Waals surface area contributed by atoms with E-state index in [-0.39, 0.29) is 28.2 Å². The number of carbonyl (C=O) groups excluding carboxylic acids is 2. The highest BCUT2D eigenvalue weighted by Gasteiger charge is 2.19. The lowest BCUT2D eigenvalue weighted by molar-refractivity contribution is -0.131. The van der Waals surface area contributed by atoms with E-state index in [9.17, 15) is 18.4 Å². The van der Waals surface area contributed by atoms with Crippen molar-refractivity contribution in [2.24, 2.45) is 0 Å². The van der Waals surface area contributed by atoms with Gasteiger partial charge in [0.05, 0.1) is 14.2 Å². The van der Waals surface area contributed by atoms with Crippen LogP contribution in [0.4, 0.5) is 8.78 Å². The van der Waals surface area contributed by atoms with E-state index in [1.165, 1.54) is 31.2 Å². The van der Waals surface area contributed by atoms with E-state index in [4.69, 9.17) is 18.9 Å². The Hall–Kier alpha value is -4.98. The zero-order valence-electron chi connectivity index (χ0n) is 21.4. The van der Waals surface area contributed by atoms with Gasteiger partial charge in [-0.3, -0.25) is 4.79 Å². The van der Waals surface area contributed by atoms with Crippen LogP contribution in [-0.4, -0.2) is 26.2 Å². The third-order valence-electron chi connectivity index (χ3n) is 5.63. The Morgan fingerprint density at radius 1 is 0.692 bits per heavy atom. The average Bonchev–Trinajstić information content (AvgIpc) is 2.92. The summed E-state index contributed by atoms with van der Waals surface area (Å²) in [4.78, 5) is 24.6. The van der Waals surface area contributed by atoms with Gasteiger partial charge < -0.3 is 18.9 Å². The first-order valence-corrected chi connectivity index (χ1v) is 11.8. The van der Waals surface area contributed by atoms with Crippen molar-refractivity contribution in [1.82, 2.24) is 0 Å². The molecule has 0 aliphatic carbocycles. The highest BCUT2D eigenvalue weighted by molar-refractivity contribution is 5.96. The Balaban J connectivity index is 1.55. The van der Waals surface area contributed by atoms with Crippen LogP contribution in [0.2, 0.25) is 0 Å². The summed E-state index contributed by atoms with van der Waals surface area (Å²) >= 11 is 0. The molecule has 0 spiro atoms. The van der Waals surface area contributed by atoms with Gasteiger partial charge in [0.2, 0.25) is 0 Å². The number of hydrogen-bond donors (Lipinski definition) is 0. The third-order valence-corrected chi connectivity index (χ3v) is 5.63. The molecule has 6 nitrogen and oxygen atoms in total. The van der Waals surface area contributed by atoms with Crippen LogP contribution in [0.5, 0.6) is 23.0 Å². The van der Waals surface area contributed by atoms with Gasteiger partial charge in [-0.2, -0.15) is 0 Å². The molecule has 0 saturated carbocycles. The molecule has 0 unspecified atom stereocenters. The van der Waals surface area contributed by atoms with Gasteiger partial charge in [-0.25, -0.2) is 13.6 Å². The Kier molecular flexibility index (Phi) is 8.36. The Bertz CT molecular complexity index is 1520. The monoisotopic (exact) mass is 530 g/mol. The molecule has 4 aromatic rings. The van der Waals surface area contributed by atoms with Crippen LogP contribution in [0.1, 0.15) is 28.4 Å². The summed E-state index contributed by atoms with van der Waals surface area (Å²) in [6, 6.07) is 19.5. The van der Waals surface area contributed by atoms with E-state index in [1.54, 1.807) is 44.6 Å². The Labute approximate surface area is 224 Å². The van der Waals surface area contributed by atoms with Crippen LogP contribution < -0.4 is 18.9 Å². The fourth-order valence-corrected chi connectivity index (χ4v) is 3.75. The molecular formula is C31H24F2O6. The summed E-state index contributed by atoms with van der Waals surface area (Å²) < 4.78 is 48.9. The molecule has 0 radical (unpaired) electrons. The number of ether oxygens (including phenoxy) is 4. The van der Waals surface area contributed by atoms with Crippen molar-refractivity contribution in [1.29, 1.82) is 0 Å². The average molecular weight is 531 g/mol. The summed E-state index contributed by atoms with van der Waals surface area (Å²) in [5.41, 5.74) is 1.97. The summed E-state index contributed by atoms with van der Waals surface area (Å²) in [7, 11) is 3.16. The van der Waals surface area contributed by atoms with E-state index in [1.807, 2.05) is 24.3 Å². The topological polar surface area (TPSA) is 71.1 Å². The molecule has 0 atom stereocenters. The number of hydrogen-bond acceptors (Lipinski definition) is 6. The van der Waals surface area contributed by atoms with Gasteiger partial charge in [0.15, 0.2) is 0 Å². The van der Waals surface area contributed by atoms with Crippen molar-refractivity contribution < 1.29 is 37.3 Å². The maximum Gasteiger partial charge on any atom is 0.347 e. The second-order valence-electron chi connectivity index (χ2n) is 8.37. The molecule has 4 rings (SSSR count). The van der Waals surface area contributed by atoms with Gasteiger partial charge in [0.1, 0.15) is 40.2 Å². The van der Waals surface area contributed by atoms with E-state index in [2.05, 4.69) is 0 Å². The first kappa shape index (κ1) is 27.1. The van der Waals surface area contributed by atoms with Crippen LogP contribution >= 0.6 is 0 Å². The molecule has 39 heavy (non-hydrogen) atoms. The fourth-order valence-electron chi connectivity index (χ4n) is 3.75. The second kappa shape index (κ2) is 12.0. The molecule has 0 aromatic heterocycles. The van der Waals surface area contributed by atoms with Crippen molar-refractivity contribution in [3.63, 3.8) is 0 Å². The molecule has 0 bridgehead atoms. The van der Waals surface area contributed by atoms with Crippen LogP contribution in [0.25, 0.3) is 23.3 Å². The molecule has 0 fully saturated rings. The predicted molar refractivity (Wildman–Crippen MR) is 143 cm³/mol. The van der Waals surface area contributed by atoms with E-state index in [0.717, 1.165) is 23.3 Å². The van der Waals surface area contributed by atoms with Crippen LogP contribution in [0.15, 0.2) is 78.9 Å². The largest absolute Gasteiger partial charge is 0.497 e. The number of carbonyl (C=O) groups is 2. The van der Waals surface area contributed by atoms with Crippen molar-refractivity contribution in [3.8, 4) is 34.1 Å². The maximum atomic E-state index is 14.4. The standard InChI is InChI=1S/C31H24F2O6/c1-19(34)38-30-13-8-22(27-12-9-23(32)17-29(27)33)16-28(30)31(35)39-24-10-6-20(7-11-24)4-5-21-14-25(36-2)18-26(15-21)37-3/h4-18H,1-3H3. The lowest BCUT2D eigenvalue weighted by Crippen LogP contribution is -2.13. The van der Waals surface area contributed by atoms with Crippen molar-refractivity contribution in [2.75, 3.05) is 14.2 Å². The van der Waals surface area contributed by atoms with Gasteiger partial charge in [-0.05, 0) is 65.2 Å². The lowest BCUT2D eigenvalue weighted by Gasteiger charge is -2.12. The first-order chi connectivity index (χ1) is 18.7. The highest BCUT2D eigenvalue weighted by Crippen LogP contribution is 2.30. The molecule has 0 amide bonds. The number of halogens is 2. The van der Waals surface area contributed by atoms with Gasteiger partial charge in [0.25, 0.3) is 0 Å². The van der Waals surface area contributed by atoms with Crippen molar-refractivity contribution >= 4 is 24.1 Å². The smallest absolute Gasteiger partial charge is 0.347 e. The summed E-state index contributed by atoms with van der Waals surface area (Å²) in [5, 5.41) is 0. The lowest BCUT2D eigenvalue weighted by atomic mass is 10.0. The summed E-state index contributed by atoms with van der Waals surface area (Å²) in [5.74, 6) is -1.47. The minimum Gasteiger partial charge on any atom is -0.497 e. The molecule has 8 heteroatoms. The molecule has 0 aliphatic rings. The van der Waals surface area contributed by atoms with E-state index < -0.39 is 23.6 Å². The van der Waals surface area contributed by atoms with E-state index >= 15 is 0 Å². The Morgan fingerprint density at radius 2 is 1.36 bits per heavy atom. The number of rotatable bonds is 8. The second-order valence-corrected chi connectivity index (χ2v) is 8.37. The summed E-state index contributed by atoms with van der Waals surface area (Å²) in [6.45, 7) is 1.19. The fraction of sp³-hybridized carbons (Fsp3) is 0.0968. The SMILES string of the molecule is COc1cc(C=Cc2ccc(OC(=O)c3cc(-c4ccc(F)cc4F)ccc3OC(C)=O)cc2)cc(OC)c1. The van der Waals surface area contributed by atoms with Crippen LogP contribution in [-0.2, 0) is 4.79 Å². The van der Waals surface area contributed by atoms with Gasteiger partial charge >= 0.3 is 11.9 Å². The summed E-state index contributed by atoms with van der Waals surface area (Å²) in [6.07, 6.45) is 3.76. The van der Waals surface area contributed by atoms with Gasteiger partial charge in [-0.15, -0.1) is 0 Å². The quantitative estimate of drug-likeness (QED) is 0.139. The molecule has 0 saturated heterocycles. The zero-order valence-corrected chi connectivity index (χ0v) is 21.4. The minimum atomic E-state index is -0.817. The van der Waals surface area contributed by atoms with Gasteiger partial charge in [0, 0.05) is 24.6 Å². The van der Waals surface area contributed by atoms with Gasteiger partial charge in [-0.1, -0.05) is 30.4 Å². The minimum absolute atomic E-state index is 0.0490. The Morgan fingerprint density at radius 3 is 1.97 bits per heavy atom. The molecular weight excluding hydrogens is 506 g/mol. The van der Waals surface area contributed by atoms with Crippen LogP contribution in [0.3, 0.4) is 0 Å². The molecule has 4 aromatic carbocycles. The van der Waals surface area contributed by atoms with Crippen molar-refractivity contribution in [3.05, 3.63) is 107 Å². The predicted octanol–water partition coefficient (Wildman–Crippen LogP) is 6.96. The number of esters is 2. The number of methoxy groups -OCH3 is 2. The number of benzene rings is 4. The highest BCUT2D eigenvalue weighted by atomic mass is 19.1. The third kappa shape index (κ3) is 6.87. The van der Waals surface area contributed by atoms with Crippen molar-refractivity contribution in [2.45, 2.75) is 6.92 Å². The first-order valence-electron chi connectivity index (χ1n) is 11.8. The zero-order chi connectivity index (χ0) is 27.9. The molecule has 0 N–H and O–H groups in total. The molecule has 0 aliphatic heterocycles. The normalized spacial score (nSPS) is 10.8. The maximum absolute atomic E-state index is 14.4. The van der Waals surface area contributed by atoms with E-state index in [0.29, 0.717) is 11.5 Å². The molecule has 0 heterocycles. The molecule has 198 valence electrons. The van der Waals surface area contributed by atoms with Crippen LogP contribution in [0, 0.1) is 11.6 Å².